The average molecular weight is 247 g/mol. The molecule has 1 unspecified atom stereocenters. The van der Waals surface area contributed by atoms with Gasteiger partial charge < -0.3 is 5.73 Å². The number of nitrogens with two attached hydrogens (primary N) is 1. The quantitative estimate of drug-likeness (QED) is 0.857. The van der Waals surface area contributed by atoms with Gasteiger partial charge >= 0.3 is 0 Å². The first-order valence-corrected chi connectivity index (χ1v) is 5.90. The number of carbonyl (C=O) groups is 1. The van der Waals surface area contributed by atoms with Crippen molar-refractivity contribution >= 4 is 28.8 Å². The van der Waals surface area contributed by atoms with Crippen LogP contribution in [0.4, 0.5) is 0 Å². The highest BCUT2D eigenvalue weighted by molar-refractivity contribution is 7.14. The number of nitrogens with one attached hydrogen (secondary N) is 1. The first-order valence-electron chi connectivity index (χ1n) is 4.64. The van der Waals surface area contributed by atoms with Crippen LogP contribution >= 0.6 is 22.9 Å². The number of hydrogen-bond acceptors (Lipinski definition) is 3. The van der Waals surface area contributed by atoms with Gasteiger partial charge in [-0.1, -0.05) is 11.6 Å². The lowest BCUT2D eigenvalue weighted by atomic mass is 10.0. The minimum atomic E-state index is -0.714. The number of carbonyl (C=O) groups excluding carboxylic acids is 1. The highest BCUT2D eigenvalue weighted by Gasteiger charge is 2.26. The second kappa shape index (κ2) is 4.51. The molecule has 15 heavy (non-hydrogen) atoms. The maximum Gasteiger partial charge on any atom is 0.237 e. The Morgan fingerprint density at radius 2 is 2.27 bits per heavy atom. The van der Waals surface area contributed by atoms with Gasteiger partial charge in [0.15, 0.2) is 0 Å². The normalized spacial score (nSPS) is 13.9. The molecule has 1 atom stereocenters. The molecule has 84 valence electrons. The molecule has 3 nitrogen and oxygen atoms in total. The molecule has 0 aliphatic carbocycles. The summed E-state index contributed by atoms with van der Waals surface area (Å²) >= 11 is 7.31. The van der Waals surface area contributed by atoms with Gasteiger partial charge in [-0.2, -0.15) is 0 Å². The zero-order chi connectivity index (χ0) is 11.6. The van der Waals surface area contributed by atoms with Gasteiger partial charge in [0.1, 0.15) is 0 Å². The minimum absolute atomic E-state index is 0.0521. The van der Waals surface area contributed by atoms with Crippen molar-refractivity contribution in [2.45, 2.75) is 32.4 Å². The van der Waals surface area contributed by atoms with Crippen molar-refractivity contribution in [3.05, 3.63) is 21.3 Å². The third-order valence-electron chi connectivity index (χ3n) is 2.28. The molecule has 0 saturated carbocycles. The van der Waals surface area contributed by atoms with E-state index < -0.39 is 5.54 Å². The Kier molecular flexibility index (Phi) is 3.76. The molecule has 0 radical (unpaired) electrons. The molecule has 0 aliphatic heterocycles. The Bertz CT molecular complexity index is 362. The summed E-state index contributed by atoms with van der Waals surface area (Å²) in [6.45, 7) is 5.50. The standard InChI is InChI=1S/C10H15ClN2OS/c1-6(7-4-8(11)15-5-7)13-10(2,3)9(12)14/h4-6,13H,1-3H3,(H2,12,14). The summed E-state index contributed by atoms with van der Waals surface area (Å²) in [4.78, 5) is 11.1. The third kappa shape index (κ3) is 3.19. The van der Waals surface area contributed by atoms with E-state index in [0.717, 1.165) is 9.90 Å². The lowest BCUT2D eigenvalue weighted by molar-refractivity contribution is -0.123. The zero-order valence-corrected chi connectivity index (χ0v) is 10.6. The van der Waals surface area contributed by atoms with Gasteiger partial charge in [-0.15, -0.1) is 11.3 Å². The molecule has 0 bridgehead atoms. The zero-order valence-electron chi connectivity index (χ0n) is 9.00. The Balaban J connectivity index is 2.71. The second-order valence-corrected chi connectivity index (χ2v) is 5.58. The average Bonchev–Trinajstić information content (AvgIpc) is 2.50. The second-order valence-electron chi connectivity index (χ2n) is 4.04. The molecular formula is C10H15ClN2OS. The molecule has 1 heterocycles. The molecule has 0 aliphatic rings. The van der Waals surface area contributed by atoms with Crippen LogP contribution in [0, 0.1) is 0 Å². The van der Waals surface area contributed by atoms with Crippen LogP contribution in [0.3, 0.4) is 0 Å². The smallest absolute Gasteiger partial charge is 0.237 e. The molecule has 0 spiro atoms. The number of thiophene rings is 1. The van der Waals surface area contributed by atoms with E-state index in [0.29, 0.717) is 0 Å². The Morgan fingerprint density at radius 3 is 2.67 bits per heavy atom. The van der Waals surface area contributed by atoms with Crippen molar-refractivity contribution in [3.63, 3.8) is 0 Å². The summed E-state index contributed by atoms with van der Waals surface area (Å²) in [5.41, 5.74) is 5.63. The van der Waals surface area contributed by atoms with E-state index in [2.05, 4.69) is 5.32 Å². The lowest BCUT2D eigenvalue weighted by Crippen LogP contribution is -2.51. The Labute approximate surface area is 98.6 Å². The van der Waals surface area contributed by atoms with Crippen LogP contribution in [0.5, 0.6) is 0 Å². The number of amides is 1. The van der Waals surface area contributed by atoms with Crippen molar-refractivity contribution in [2.24, 2.45) is 5.73 Å². The van der Waals surface area contributed by atoms with Gasteiger partial charge in [-0.3, -0.25) is 10.1 Å². The maximum absolute atomic E-state index is 11.1. The fraction of sp³-hybridized carbons (Fsp3) is 0.500. The van der Waals surface area contributed by atoms with E-state index in [-0.39, 0.29) is 11.9 Å². The van der Waals surface area contributed by atoms with Crippen LogP contribution in [-0.4, -0.2) is 11.4 Å². The van der Waals surface area contributed by atoms with Gasteiger partial charge in [0.05, 0.1) is 9.88 Å². The van der Waals surface area contributed by atoms with Crippen LogP contribution in [0.15, 0.2) is 11.4 Å². The highest BCUT2D eigenvalue weighted by Crippen LogP contribution is 2.25. The number of rotatable bonds is 4. The van der Waals surface area contributed by atoms with Crippen molar-refractivity contribution < 1.29 is 4.79 Å². The fourth-order valence-electron chi connectivity index (χ4n) is 1.25. The molecule has 1 amide bonds. The van der Waals surface area contributed by atoms with Gasteiger partial charge in [0, 0.05) is 6.04 Å². The monoisotopic (exact) mass is 246 g/mol. The summed E-state index contributed by atoms with van der Waals surface area (Å²) in [5.74, 6) is -0.365. The first kappa shape index (κ1) is 12.5. The van der Waals surface area contributed by atoms with E-state index in [1.54, 1.807) is 13.8 Å². The first-order chi connectivity index (χ1) is 6.83. The van der Waals surface area contributed by atoms with Crippen molar-refractivity contribution in [1.29, 1.82) is 0 Å². The van der Waals surface area contributed by atoms with Gasteiger partial charge in [-0.05, 0) is 37.8 Å². The topological polar surface area (TPSA) is 55.1 Å². The van der Waals surface area contributed by atoms with E-state index in [1.165, 1.54) is 11.3 Å². The van der Waals surface area contributed by atoms with E-state index in [4.69, 9.17) is 17.3 Å². The molecule has 0 saturated heterocycles. The van der Waals surface area contributed by atoms with Crippen LogP contribution in [0.25, 0.3) is 0 Å². The SMILES string of the molecule is CC(NC(C)(C)C(N)=O)c1csc(Cl)c1. The van der Waals surface area contributed by atoms with E-state index in [1.807, 2.05) is 18.4 Å². The van der Waals surface area contributed by atoms with Crippen LogP contribution in [-0.2, 0) is 4.79 Å². The van der Waals surface area contributed by atoms with Gasteiger partial charge in [0.25, 0.3) is 0 Å². The van der Waals surface area contributed by atoms with Gasteiger partial charge in [-0.25, -0.2) is 0 Å². The highest BCUT2D eigenvalue weighted by atomic mass is 35.5. The molecule has 1 aromatic rings. The Morgan fingerprint density at radius 1 is 1.67 bits per heavy atom. The van der Waals surface area contributed by atoms with Crippen LogP contribution < -0.4 is 11.1 Å². The summed E-state index contributed by atoms with van der Waals surface area (Å²) in [6.07, 6.45) is 0. The third-order valence-corrected chi connectivity index (χ3v) is 3.39. The fourth-order valence-corrected chi connectivity index (χ4v) is 2.23. The number of primary amides is 1. The maximum atomic E-state index is 11.1. The predicted octanol–water partition coefficient (Wildman–Crippen LogP) is 2.32. The summed E-state index contributed by atoms with van der Waals surface area (Å²) in [7, 11) is 0. The molecule has 5 heteroatoms. The molecule has 1 rings (SSSR count). The van der Waals surface area contributed by atoms with Crippen LogP contribution in [0.2, 0.25) is 4.34 Å². The molecule has 1 aromatic heterocycles. The van der Waals surface area contributed by atoms with E-state index in [9.17, 15) is 4.79 Å². The largest absolute Gasteiger partial charge is 0.368 e. The van der Waals surface area contributed by atoms with E-state index >= 15 is 0 Å². The summed E-state index contributed by atoms with van der Waals surface area (Å²) in [6, 6.07) is 1.94. The Hall–Kier alpha value is -0.580. The van der Waals surface area contributed by atoms with Crippen molar-refractivity contribution in [2.75, 3.05) is 0 Å². The summed E-state index contributed by atoms with van der Waals surface area (Å²) < 4.78 is 0.746. The number of hydrogen-bond donors (Lipinski definition) is 2. The molecule has 0 fully saturated rings. The summed E-state index contributed by atoms with van der Waals surface area (Å²) in [5, 5.41) is 5.13. The predicted molar refractivity (Wildman–Crippen MR) is 64.2 cm³/mol. The lowest BCUT2D eigenvalue weighted by Gasteiger charge is -2.26. The molecular weight excluding hydrogens is 232 g/mol. The van der Waals surface area contributed by atoms with Gasteiger partial charge in [0.2, 0.25) is 5.91 Å². The molecule has 3 N–H and O–H groups in total. The minimum Gasteiger partial charge on any atom is -0.368 e. The van der Waals surface area contributed by atoms with Crippen molar-refractivity contribution in [3.8, 4) is 0 Å². The van der Waals surface area contributed by atoms with Crippen LogP contribution in [0.1, 0.15) is 32.4 Å². The number of halogens is 1. The van der Waals surface area contributed by atoms with Crippen molar-refractivity contribution in [1.82, 2.24) is 5.32 Å². The molecule has 0 aromatic carbocycles.